The number of nitrogens with zero attached hydrogens (tertiary/aromatic N) is 1. The molecule has 2 amide bonds. The summed E-state index contributed by atoms with van der Waals surface area (Å²) >= 11 is 4.73. The van der Waals surface area contributed by atoms with Gasteiger partial charge < -0.3 is 15.7 Å². The summed E-state index contributed by atoms with van der Waals surface area (Å²) < 4.78 is 0.860. The van der Waals surface area contributed by atoms with Crippen LogP contribution in [0.1, 0.15) is 39.5 Å². The highest BCUT2D eigenvalue weighted by atomic mass is 79.9. The number of halogens is 1. The molecule has 0 aromatic carbocycles. The van der Waals surface area contributed by atoms with Crippen LogP contribution in [0.5, 0.6) is 0 Å². The third-order valence-corrected chi connectivity index (χ3v) is 7.91. The summed E-state index contributed by atoms with van der Waals surface area (Å²) in [6, 6.07) is 0. The van der Waals surface area contributed by atoms with Gasteiger partial charge in [-0.15, -0.1) is 0 Å². The number of nitrogens with one attached hydrogen (secondary N) is 2. The van der Waals surface area contributed by atoms with Crippen molar-refractivity contribution < 1.29 is 14.7 Å². The molecule has 0 aliphatic heterocycles. The van der Waals surface area contributed by atoms with E-state index in [1.807, 2.05) is 0 Å². The molecular weight excluding hydrogens is 418 g/mol. The van der Waals surface area contributed by atoms with E-state index in [2.05, 4.69) is 31.5 Å². The van der Waals surface area contributed by atoms with Crippen LogP contribution in [-0.4, -0.2) is 34.1 Å². The molecule has 6 nitrogen and oxygen atoms in total. The fraction of sp³-hybridized carbons (Fsp3) is 0.722. The van der Waals surface area contributed by atoms with Crippen molar-refractivity contribution in [3.8, 4) is 0 Å². The third kappa shape index (κ3) is 2.90. The summed E-state index contributed by atoms with van der Waals surface area (Å²) in [5.74, 6) is -0.251. The zero-order valence-corrected chi connectivity index (χ0v) is 17.3. The average molecular weight is 442 g/mol. The summed E-state index contributed by atoms with van der Waals surface area (Å²) in [6.45, 7) is 3.47. The normalized spacial score (nSPS) is 31.2. The molecule has 8 heteroatoms. The van der Waals surface area contributed by atoms with Crippen LogP contribution in [0.15, 0.2) is 9.98 Å². The second-order valence-corrected chi connectivity index (χ2v) is 11.0. The first kappa shape index (κ1) is 18.4. The Morgan fingerprint density at radius 2 is 1.92 bits per heavy atom. The average Bonchev–Trinajstić information content (AvgIpc) is 3.08. The highest BCUT2D eigenvalue weighted by Gasteiger charge is 2.71. The number of aromatic nitrogens is 1. The molecule has 2 bridgehead atoms. The van der Waals surface area contributed by atoms with Gasteiger partial charge in [-0.2, -0.15) is 0 Å². The van der Waals surface area contributed by atoms with Crippen molar-refractivity contribution in [3.05, 3.63) is 9.98 Å². The van der Waals surface area contributed by atoms with Crippen LogP contribution >= 0.6 is 27.3 Å². The fourth-order valence-corrected chi connectivity index (χ4v) is 6.43. The summed E-state index contributed by atoms with van der Waals surface area (Å²) in [5.41, 5.74) is -0.492. The zero-order chi connectivity index (χ0) is 18.7. The molecule has 3 saturated carbocycles. The highest BCUT2D eigenvalue weighted by molar-refractivity contribution is 9.11. The number of carbonyl (C=O) groups is 2. The van der Waals surface area contributed by atoms with E-state index in [1.54, 1.807) is 20.0 Å². The standard InChI is InChI=1S/C18H24BrN3O3S/c1-17(2,8-23)22-15(25)13-10-4-3-9(18(10)5-6-18)12(13)14(24)21-16-20-7-11(19)26-16/h7,9-10,12-13,23H,3-6,8H2,1-2H3,(H,22,25)(H,20,21,24)/t9-,10+,12+,13+/m0/s1. The molecule has 3 aliphatic rings. The molecule has 1 aromatic heterocycles. The Bertz CT molecular complexity index is 746. The largest absolute Gasteiger partial charge is 0.394 e. The Hall–Kier alpha value is -0.990. The molecule has 1 spiro atoms. The lowest BCUT2D eigenvalue weighted by Crippen LogP contribution is -2.52. The van der Waals surface area contributed by atoms with Gasteiger partial charge in [0.1, 0.15) is 0 Å². The number of carbonyl (C=O) groups excluding carboxylic acids is 2. The van der Waals surface area contributed by atoms with Crippen molar-refractivity contribution in [3.63, 3.8) is 0 Å². The second kappa shape index (κ2) is 6.27. The molecule has 26 heavy (non-hydrogen) atoms. The molecule has 3 aliphatic carbocycles. The number of hydrogen-bond acceptors (Lipinski definition) is 5. The Morgan fingerprint density at radius 3 is 2.42 bits per heavy atom. The number of rotatable bonds is 5. The maximum Gasteiger partial charge on any atom is 0.230 e. The van der Waals surface area contributed by atoms with Gasteiger partial charge >= 0.3 is 0 Å². The Balaban J connectivity index is 1.58. The number of anilines is 1. The van der Waals surface area contributed by atoms with Gasteiger partial charge in [-0.3, -0.25) is 9.59 Å². The molecular formula is C18H24BrN3O3S. The molecule has 1 heterocycles. The van der Waals surface area contributed by atoms with Crippen LogP contribution in [0.25, 0.3) is 0 Å². The van der Waals surface area contributed by atoms with E-state index in [9.17, 15) is 14.7 Å². The summed E-state index contributed by atoms with van der Waals surface area (Å²) in [4.78, 5) is 30.4. The van der Waals surface area contributed by atoms with Gasteiger partial charge in [-0.25, -0.2) is 4.98 Å². The van der Waals surface area contributed by atoms with E-state index < -0.39 is 5.54 Å². The molecule has 142 valence electrons. The van der Waals surface area contributed by atoms with E-state index in [1.165, 1.54) is 11.3 Å². The highest BCUT2D eigenvalue weighted by Crippen LogP contribution is 2.74. The number of aliphatic hydroxyl groups excluding tert-OH is 1. The van der Waals surface area contributed by atoms with Gasteiger partial charge in [0, 0.05) is 0 Å². The monoisotopic (exact) mass is 441 g/mol. The minimum Gasteiger partial charge on any atom is -0.394 e. The summed E-state index contributed by atoms with van der Waals surface area (Å²) in [7, 11) is 0. The van der Waals surface area contributed by atoms with Crippen LogP contribution in [0, 0.1) is 29.1 Å². The first-order valence-electron chi connectivity index (χ1n) is 9.12. The van der Waals surface area contributed by atoms with Crippen LogP contribution in [0.2, 0.25) is 0 Å². The molecule has 0 unspecified atom stereocenters. The lowest BCUT2D eigenvalue weighted by Gasteiger charge is -2.32. The van der Waals surface area contributed by atoms with Crippen molar-refractivity contribution in [2.24, 2.45) is 29.1 Å². The van der Waals surface area contributed by atoms with Gasteiger partial charge in [0.25, 0.3) is 0 Å². The van der Waals surface area contributed by atoms with E-state index >= 15 is 0 Å². The first-order chi connectivity index (χ1) is 12.3. The Morgan fingerprint density at radius 1 is 1.31 bits per heavy atom. The summed E-state index contributed by atoms with van der Waals surface area (Å²) in [5, 5.41) is 15.9. The maximum absolute atomic E-state index is 13.1. The molecule has 1 aromatic rings. The topological polar surface area (TPSA) is 91.3 Å². The first-order valence-corrected chi connectivity index (χ1v) is 10.7. The van der Waals surface area contributed by atoms with Gasteiger partial charge in [0.15, 0.2) is 5.13 Å². The predicted octanol–water partition coefficient (Wildman–Crippen LogP) is 2.78. The van der Waals surface area contributed by atoms with E-state index in [0.29, 0.717) is 5.13 Å². The van der Waals surface area contributed by atoms with Crippen molar-refractivity contribution in [2.75, 3.05) is 11.9 Å². The van der Waals surface area contributed by atoms with Crippen LogP contribution in [-0.2, 0) is 9.59 Å². The maximum atomic E-state index is 13.1. The minimum atomic E-state index is -0.684. The van der Waals surface area contributed by atoms with Crippen LogP contribution < -0.4 is 10.6 Å². The van der Waals surface area contributed by atoms with Gasteiger partial charge in [0.05, 0.1) is 34.0 Å². The summed E-state index contributed by atoms with van der Waals surface area (Å²) in [6.07, 6.45) is 5.97. The molecule has 0 radical (unpaired) electrons. The Kier molecular flexibility index (Phi) is 4.44. The van der Waals surface area contributed by atoms with Crippen molar-refractivity contribution in [1.29, 1.82) is 0 Å². The number of hydrogen-bond donors (Lipinski definition) is 3. The SMILES string of the molecule is CC(C)(CO)NC(=O)[C@H]1[C@H](C(=O)Nc2ncc(Br)s2)[C@@H]2CC[C@H]1C21CC1. The van der Waals surface area contributed by atoms with Crippen LogP contribution in [0.3, 0.4) is 0 Å². The van der Waals surface area contributed by atoms with Gasteiger partial charge in [-0.1, -0.05) is 11.3 Å². The zero-order valence-electron chi connectivity index (χ0n) is 14.9. The van der Waals surface area contributed by atoms with Gasteiger partial charge in [-0.05, 0) is 72.7 Å². The van der Waals surface area contributed by atoms with E-state index in [0.717, 1.165) is 29.5 Å². The Labute approximate surface area is 165 Å². The smallest absolute Gasteiger partial charge is 0.230 e. The van der Waals surface area contributed by atoms with E-state index in [-0.39, 0.29) is 47.5 Å². The lowest BCUT2D eigenvalue weighted by atomic mass is 9.77. The van der Waals surface area contributed by atoms with Crippen molar-refractivity contribution in [1.82, 2.24) is 10.3 Å². The predicted molar refractivity (Wildman–Crippen MR) is 103 cm³/mol. The lowest BCUT2D eigenvalue weighted by molar-refractivity contribution is -0.136. The van der Waals surface area contributed by atoms with Crippen LogP contribution in [0.4, 0.5) is 5.13 Å². The number of amides is 2. The quantitative estimate of drug-likeness (QED) is 0.654. The molecule has 3 fully saturated rings. The van der Waals surface area contributed by atoms with Crippen molar-refractivity contribution >= 4 is 44.2 Å². The van der Waals surface area contributed by atoms with Gasteiger partial charge in [0.2, 0.25) is 11.8 Å². The second-order valence-electron chi connectivity index (χ2n) is 8.57. The van der Waals surface area contributed by atoms with Crippen molar-refractivity contribution in [2.45, 2.75) is 45.1 Å². The molecule has 0 saturated heterocycles. The fourth-order valence-electron chi connectivity index (χ4n) is 5.32. The minimum absolute atomic E-state index is 0.0905. The third-order valence-electron chi connectivity index (χ3n) is 6.52. The molecule has 4 rings (SSSR count). The molecule has 3 N–H and O–H groups in total. The number of thiazole rings is 1. The molecule has 4 atom stereocenters. The number of aliphatic hydroxyl groups is 1. The van der Waals surface area contributed by atoms with E-state index in [4.69, 9.17) is 0 Å².